The molecule has 0 fully saturated rings. The molecule has 0 saturated carbocycles. The van der Waals surface area contributed by atoms with E-state index >= 15 is 0 Å². The van der Waals surface area contributed by atoms with Gasteiger partial charge in [0.25, 0.3) is 0 Å². The van der Waals surface area contributed by atoms with Gasteiger partial charge in [0.05, 0.1) is 60.4 Å². The molecule has 5 nitrogen and oxygen atoms in total. The molecule has 0 aliphatic rings. The molecule has 10 rings (SSSR count). The summed E-state index contributed by atoms with van der Waals surface area (Å²) in [5, 5.41) is 8.32. The first kappa shape index (κ1) is 68.5. The van der Waals surface area contributed by atoms with Crippen molar-refractivity contribution < 1.29 is 5.11 Å². The molecule has 91 heavy (non-hydrogen) atoms. The number of thiophene rings is 4. The average Bonchev–Trinajstić information content (AvgIpc) is 1.59. The third-order valence-electron chi connectivity index (χ3n) is 17.5. The van der Waals surface area contributed by atoms with Gasteiger partial charge in [-0.1, -0.05) is 168 Å². The van der Waals surface area contributed by atoms with E-state index in [0.29, 0.717) is 5.67 Å². The molecular weight excluding hydrogens is 1380 g/mol. The van der Waals surface area contributed by atoms with E-state index in [0.717, 1.165) is 89.4 Å². The summed E-state index contributed by atoms with van der Waals surface area (Å²) in [5.74, 6) is 6.48. The molecule has 4 unspecified atom stereocenters. The third-order valence-corrected chi connectivity index (χ3v) is 27.5. The quantitative estimate of drug-likeness (QED) is 0.0243. The third kappa shape index (κ3) is 23.1. The van der Waals surface area contributed by atoms with E-state index in [4.69, 9.17) is 24.5 Å². The predicted molar refractivity (Wildman–Crippen MR) is 432 cm³/mol. The fourth-order valence-corrected chi connectivity index (χ4v) is 20.3. The molecule has 0 aliphatic heterocycles. The van der Waals surface area contributed by atoms with Gasteiger partial charge in [-0.15, -0.1) is 90.7 Å². The summed E-state index contributed by atoms with van der Waals surface area (Å²) in [5.41, 5.74) is 7.58. The van der Waals surface area contributed by atoms with Crippen molar-refractivity contribution in [3.05, 3.63) is 91.3 Å². The molecule has 0 saturated heterocycles. The normalized spacial score (nSPS) is 14.6. The molecule has 1 N–H and O–H groups in total. The molecule has 8 heterocycles. The van der Waals surface area contributed by atoms with Gasteiger partial charge in [-0.2, -0.15) is 0 Å². The van der Waals surface area contributed by atoms with Crippen molar-refractivity contribution in [1.82, 2.24) is 19.9 Å². The summed E-state index contributed by atoms with van der Waals surface area (Å²) in [4.78, 5) is 31.8. The molecule has 0 aliphatic carbocycles. The van der Waals surface area contributed by atoms with Crippen LogP contribution < -0.4 is 0 Å². The van der Waals surface area contributed by atoms with Crippen molar-refractivity contribution in [2.24, 2.45) is 47.3 Å². The zero-order valence-electron chi connectivity index (χ0n) is 61.7. The van der Waals surface area contributed by atoms with Crippen molar-refractivity contribution in [1.29, 1.82) is 4.55 Å². The van der Waals surface area contributed by atoms with Crippen LogP contribution in [0.1, 0.15) is 224 Å². The van der Waals surface area contributed by atoms with Crippen molar-refractivity contribution in [3.8, 4) is 39.5 Å². The van der Waals surface area contributed by atoms with Crippen LogP contribution in [0.3, 0.4) is 0 Å². The van der Waals surface area contributed by atoms with Crippen LogP contribution >= 0.6 is 111 Å². The Balaban J connectivity index is 0.000000238. The molecule has 0 spiro atoms. The number of hydrogen-bond donors (Lipinski definition) is 1. The van der Waals surface area contributed by atoms with Gasteiger partial charge < -0.3 is 0 Å². The number of hydrogen-bond acceptors (Lipinski definition) is 13. The van der Waals surface area contributed by atoms with E-state index < -0.39 is 25.0 Å². The Morgan fingerprint density at radius 2 is 0.725 bits per heavy atom. The van der Waals surface area contributed by atoms with Crippen LogP contribution in [0.5, 0.6) is 0 Å². The number of benzene rings is 2. The minimum absolute atomic E-state index is 0. The number of aryl methyl sites for hydroxylation is 6. The van der Waals surface area contributed by atoms with E-state index in [1.807, 2.05) is 90.7 Å². The Morgan fingerprint density at radius 1 is 0.429 bits per heavy atom. The maximum absolute atomic E-state index is 6.96. The summed E-state index contributed by atoms with van der Waals surface area (Å²) in [6, 6.07) is 23.0. The molecule has 0 amide bonds. The van der Waals surface area contributed by atoms with Crippen LogP contribution in [0.2, 0.25) is 0 Å². The van der Waals surface area contributed by atoms with Crippen LogP contribution in [0.25, 0.3) is 80.4 Å². The van der Waals surface area contributed by atoms with Crippen molar-refractivity contribution in [2.75, 3.05) is 4.61 Å². The van der Waals surface area contributed by atoms with Gasteiger partial charge in [0.1, 0.15) is 20.0 Å². The molecule has 4 atom stereocenters. The second kappa shape index (κ2) is 37.9. The Hall–Kier alpha value is -2.45. The average molecular weight is 1500 g/mol. The first-order valence-corrected chi connectivity index (χ1v) is 43.2. The van der Waals surface area contributed by atoms with E-state index in [1.54, 1.807) is 0 Å². The fourth-order valence-electron chi connectivity index (χ4n) is 11.8. The number of aromatic nitrogens is 4. The molecule has 8 aromatic heterocycles. The van der Waals surface area contributed by atoms with Gasteiger partial charge in [0.2, 0.25) is 0 Å². The number of aliphatic hydroxyl groups is 1. The summed E-state index contributed by atoms with van der Waals surface area (Å²) in [7, 11) is 0. The van der Waals surface area contributed by atoms with Gasteiger partial charge in [-0.3, -0.25) is 0 Å². The number of rotatable bonds is 35. The zero-order chi connectivity index (χ0) is 68.6. The summed E-state index contributed by atoms with van der Waals surface area (Å²) in [6.45, 7) is 32.8. The van der Waals surface area contributed by atoms with E-state index in [-0.39, 0.29) is 7.43 Å². The number of halogens is 1. The minimum atomic E-state index is -4.81. The van der Waals surface area contributed by atoms with E-state index in [9.17, 15) is 0 Å². The van der Waals surface area contributed by atoms with Crippen molar-refractivity contribution in [3.63, 3.8) is 0 Å². The number of alkyl halides is 1. The second-order valence-corrected chi connectivity index (χ2v) is 37.9. The predicted octanol–water partition coefficient (Wildman–Crippen LogP) is 26.5. The Morgan fingerprint density at radius 3 is 0.989 bits per heavy atom. The van der Waals surface area contributed by atoms with Gasteiger partial charge >= 0.3 is 40.3 Å². The maximum atomic E-state index is 6.96. The molecule has 0 bridgehead atoms. The molecule has 10 aromatic rings. The molecule has 15 heteroatoms. The summed E-state index contributed by atoms with van der Waals surface area (Å²) < 4.78 is 38.1. The SMILES string of the molecule is C.CC(C)CCCC(C)CCc1ccc(-c2nc3cc4sc(-c5ccc(CCC(C)CCCC(C)C)s5)nc4cc3s2)s1.Cc1c2nc(-c3ccc(CCC(C)CCCC(C)C)s3)sc2c(C)c2nc(-c3ccc(CCC(C)CCCC(C)C)s3)sc12.[2H]I([2H])([2H])([B][3H])CO[3H]. The molecule has 2 aromatic carbocycles. The van der Waals surface area contributed by atoms with Crippen LogP contribution in [0, 0.1) is 61.2 Å². The van der Waals surface area contributed by atoms with Gasteiger partial charge in [-0.25, -0.2) is 19.9 Å². The Bertz CT molecular complexity index is 3620. The molecule has 1 radical (unpaired) electrons. The van der Waals surface area contributed by atoms with Crippen molar-refractivity contribution in [2.45, 2.75) is 233 Å². The van der Waals surface area contributed by atoms with E-state index in [2.05, 4.69) is 163 Å². The Labute approximate surface area is 597 Å². The fraction of sp³-hybridized carbons (Fsp3) is 0.579. The number of fused-ring (bicyclic) bond motifs is 4. The van der Waals surface area contributed by atoms with Crippen LogP contribution in [-0.2, 0) is 25.7 Å². The summed E-state index contributed by atoms with van der Waals surface area (Å²) in [6.07, 6.45) is 26.1. The van der Waals surface area contributed by atoms with Gasteiger partial charge in [0.15, 0.2) is 0 Å². The first-order chi connectivity index (χ1) is 45.2. The van der Waals surface area contributed by atoms with Crippen molar-refractivity contribution >= 4 is 158 Å². The van der Waals surface area contributed by atoms with E-state index in [1.165, 1.54) is 197 Å². The Kier molecular flexibility index (Phi) is 28.5. The summed E-state index contributed by atoms with van der Waals surface area (Å²) >= 11 is 10.2. The monoisotopic (exact) mass is 1500 g/mol. The molecular formula is C76H111BIN4OS8. The van der Waals surface area contributed by atoms with Crippen LogP contribution in [0.15, 0.2) is 60.7 Å². The molecule has 499 valence electrons. The second-order valence-electron chi connectivity index (χ2n) is 27.7. The standard InChI is InChI=1S/C38H52N2S4.C36H48N2S4.CH7BIO.CH4/c1-23(2)11-9-13-25(5)15-17-29-19-21-31(41-29)37-39-33-27(7)36-34(28(8)35(33)43-37)40-38(44-36)32-22-20-30(42-32)18-16-26(6)14-10-12-24(3)4;1-23(2)9-7-11-25(5)13-15-27-17-19-31(39-27)35-37-29-21-34-30(22-33(29)41-35)38-36(42-34)32-20-18-28(40-32)16-14-26(6)12-8-10-24(3)4;2-3-1-4;/h19-26H,9-18H2,1-8H3;17-26H,7-16H2,1-6H3;2,4H,1H2,3H3;1H4/i;;2T,3D3,4T;. The number of thiazole rings is 4. The first-order valence-electron chi connectivity index (χ1n) is 36.0. The van der Waals surface area contributed by atoms with Crippen LogP contribution in [-0.4, -0.2) is 39.9 Å². The van der Waals surface area contributed by atoms with Gasteiger partial charge in [0, 0.05) is 19.5 Å². The van der Waals surface area contributed by atoms with Crippen LogP contribution in [0.4, 0.5) is 0 Å². The number of aliphatic hydroxyl groups excluding tert-OH is 1. The number of nitrogens with zero attached hydrogens (tertiary/aromatic N) is 4. The topological polar surface area (TPSA) is 71.8 Å². The van der Waals surface area contributed by atoms with Gasteiger partial charge in [-0.05, 0) is 184 Å². The zero-order valence-corrected chi connectivity index (χ0v) is 65.3.